The summed E-state index contributed by atoms with van der Waals surface area (Å²) in [7, 11) is 0. The third kappa shape index (κ3) is 3.73. The number of benzene rings is 6. The van der Waals surface area contributed by atoms with Crippen molar-refractivity contribution in [2.45, 2.75) is 37.5 Å². The second-order valence-corrected chi connectivity index (χ2v) is 16.0. The van der Waals surface area contributed by atoms with Crippen molar-refractivity contribution in [1.29, 1.82) is 0 Å². The zero-order chi connectivity index (χ0) is 31.4. The van der Waals surface area contributed by atoms with E-state index in [1.807, 2.05) is 11.3 Å². The summed E-state index contributed by atoms with van der Waals surface area (Å²) in [6, 6.07) is 52.8. The smallest absolute Gasteiger partial charge is 0.0543 e. The molecule has 0 N–H and O–H groups in total. The first-order chi connectivity index (χ1) is 23.8. The van der Waals surface area contributed by atoms with Crippen LogP contribution in [0.15, 0.2) is 140 Å². The van der Waals surface area contributed by atoms with Crippen molar-refractivity contribution in [1.82, 2.24) is 0 Å². The van der Waals surface area contributed by atoms with Crippen LogP contribution >= 0.6 is 11.3 Å². The molecule has 7 aromatic rings. The van der Waals surface area contributed by atoms with Gasteiger partial charge in [-0.2, -0.15) is 0 Å². The van der Waals surface area contributed by atoms with E-state index in [0.29, 0.717) is 0 Å². The molecule has 0 aliphatic heterocycles. The van der Waals surface area contributed by atoms with E-state index >= 15 is 0 Å². The summed E-state index contributed by atoms with van der Waals surface area (Å²) in [6.07, 6.45) is 7.08. The molecule has 1 nitrogen and oxygen atoms in total. The highest BCUT2D eigenvalue weighted by Crippen LogP contribution is 2.70. The molecule has 4 fully saturated rings. The molecule has 0 amide bonds. The van der Waals surface area contributed by atoms with E-state index in [0.717, 1.165) is 23.7 Å². The molecular weight excluding hydrogens is 599 g/mol. The third-order valence-corrected chi connectivity index (χ3v) is 13.8. The number of nitrogens with zero attached hydrogens (tertiary/aromatic N) is 1. The molecule has 232 valence electrons. The molecule has 0 atom stereocenters. The first-order valence-electron chi connectivity index (χ1n) is 17.9. The maximum absolute atomic E-state index is 2.56. The number of rotatable bonds is 4. The molecular formula is C46H37NS. The van der Waals surface area contributed by atoms with Crippen LogP contribution in [-0.2, 0) is 5.41 Å². The first-order valence-corrected chi connectivity index (χ1v) is 18.7. The maximum Gasteiger partial charge on any atom is 0.0543 e. The van der Waals surface area contributed by atoms with E-state index in [2.05, 4.69) is 144 Å². The molecule has 12 rings (SSSR count). The fraction of sp³-hybridized carbons (Fsp3) is 0.217. The van der Waals surface area contributed by atoms with Gasteiger partial charge in [-0.3, -0.25) is 0 Å². The van der Waals surface area contributed by atoms with E-state index in [1.54, 1.807) is 11.1 Å². The van der Waals surface area contributed by atoms with Gasteiger partial charge in [0.25, 0.3) is 0 Å². The normalized spacial score (nSPS) is 24.8. The quantitative estimate of drug-likeness (QED) is 0.186. The topological polar surface area (TPSA) is 3.24 Å². The minimum atomic E-state index is 0.145. The van der Waals surface area contributed by atoms with Crippen LogP contribution in [0.25, 0.3) is 42.4 Å². The van der Waals surface area contributed by atoms with E-state index in [9.17, 15) is 0 Å². The van der Waals surface area contributed by atoms with E-state index in [1.165, 1.54) is 91.6 Å². The predicted octanol–water partition coefficient (Wildman–Crippen LogP) is 12.9. The Kier molecular flexibility index (Phi) is 5.79. The van der Waals surface area contributed by atoms with Crippen molar-refractivity contribution in [3.63, 3.8) is 0 Å². The third-order valence-electron chi connectivity index (χ3n) is 12.6. The average Bonchev–Trinajstić information content (AvgIpc) is 3.65. The number of hydrogen-bond donors (Lipinski definition) is 0. The monoisotopic (exact) mass is 635 g/mol. The molecule has 0 unspecified atom stereocenters. The van der Waals surface area contributed by atoms with Crippen molar-refractivity contribution < 1.29 is 0 Å². The SMILES string of the molecule is c1ccc(-c2ccc(N(c3ccc4sc5ccccc5c4c3)c3cccc4c3-c3ccccc3C43C4CC5CC(C4)CC3C5)cc2)cc1. The van der Waals surface area contributed by atoms with Gasteiger partial charge in [0, 0.05) is 42.5 Å². The lowest BCUT2D eigenvalue weighted by molar-refractivity contribution is -0.0399. The summed E-state index contributed by atoms with van der Waals surface area (Å²) < 4.78 is 2.69. The Morgan fingerprint density at radius 3 is 1.96 bits per heavy atom. The van der Waals surface area contributed by atoms with Crippen molar-refractivity contribution >= 4 is 48.6 Å². The molecule has 1 aromatic heterocycles. The summed E-state index contributed by atoms with van der Waals surface area (Å²) in [5, 5.41) is 2.68. The minimum absolute atomic E-state index is 0.145. The van der Waals surface area contributed by atoms with Gasteiger partial charge >= 0.3 is 0 Å². The largest absolute Gasteiger partial charge is 0.310 e. The van der Waals surface area contributed by atoms with Crippen LogP contribution in [0, 0.1) is 23.7 Å². The Morgan fingerprint density at radius 2 is 1.15 bits per heavy atom. The number of fused-ring (bicyclic) bond motifs is 6. The highest BCUT2D eigenvalue weighted by atomic mass is 32.1. The highest BCUT2D eigenvalue weighted by Gasteiger charge is 2.61. The van der Waals surface area contributed by atoms with Crippen LogP contribution in [-0.4, -0.2) is 0 Å². The lowest BCUT2D eigenvalue weighted by Crippen LogP contribution is -2.55. The fourth-order valence-corrected chi connectivity index (χ4v) is 12.2. The zero-order valence-corrected chi connectivity index (χ0v) is 27.8. The maximum atomic E-state index is 2.56. The summed E-state index contributed by atoms with van der Waals surface area (Å²) in [4.78, 5) is 2.56. The second kappa shape index (κ2) is 10.2. The molecule has 4 saturated carbocycles. The van der Waals surface area contributed by atoms with Gasteiger partial charge in [0.15, 0.2) is 0 Å². The highest BCUT2D eigenvalue weighted by molar-refractivity contribution is 7.25. The van der Waals surface area contributed by atoms with Gasteiger partial charge < -0.3 is 4.90 Å². The van der Waals surface area contributed by atoms with Gasteiger partial charge in [0.05, 0.1) is 5.69 Å². The van der Waals surface area contributed by atoms with Crippen molar-refractivity contribution in [3.05, 3.63) is 151 Å². The van der Waals surface area contributed by atoms with Crippen LogP contribution < -0.4 is 4.90 Å². The van der Waals surface area contributed by atoms with Gasteiger partial charge in [0.2, 0.25) is 0 Å². The van der Waals surface area contributed by atoms with E-state index in [-0.39, 0.29) is 5.41 Å². The molecule has 1 heterocycles. The van der Waals surface area contributed by atoms with Crippen LogP contribution in [0.5, 0.6) is 0 Å². The zero-order valence-electron chi connectivity index (χ0n) is 27.0. The Morgan fingerprint density at radius 1 is 0.500 bits per heavy atom. The summed E-state index contributed by atoms with van der Waals surface area (Å²) in [5.41, 5.74) is 12.5. The van der Waals surface area contributed by atoms with Crippen LogP contribution in [0.2, 0.25) is 0 Å². The molecule has 0 saturated heterocycles. The molecule has 5 aliphatic rings. The number of thiophene rings is 1. The first kappa shape index (κ1) is 27.3. The second-order valence-electron chi connectivity index (χ2n) is 14.9. The Balaban J connectivity index is 1.15. The summed E-state index contributed by atoms with van der Waals surface area (Å²) in [6.45, 7) is 0. The van der Waals surface area contributed by atoms with Gasteiger partial charge in [-0.05, 0) is 126 Å². The van der Waals surface area contributed by atoms with Crippen LogP contribution in [0.3, 0.4) is 0 Å². The molecule has 1 spiro atoms. The minimum Gasteiger partial charge on any atom is -0.310 e. The number of anilines is 3. The van der Waals surface area contributed by atoms with Gasteiger partial charge in [-0.25, -0.2) is 0 Å². The molecule has 6 aromatic carbocycles. The van der Waals surface area contributed by atoms with Gasteiger partial charge in [-0.1, -0.05) is 97.1 Å². The Hall–Kier alpha value is -4.66. The average molecular weight is 636 g/mol. The van der Waals surface area contributed by atoms with Gasteiger partial charge in [-0.15, -0.1) is 11.3 Å². The van der Waals surface area contributed by atoms with Crippen LogP contribution in [0.1, 0.15) is 43.2 Å². The lowest BCUT2D eigenvalue weighted by atomic mass is 9.43. The van der Waals surface area contributed by atoms with E-state index in [4.69, 9.17) is 0 Å². The molecule has 5 aliphatic carbocycles. The van der Waals surface area contributed by atoms with Crippen molar-refractivity contribution in [3.8, 4) is 22.3 Å². The van der Waals surface area contributed by atoms with Gasteiger partial charge in [0.1, 0.15) is 0 Å². The lowest BCUT2D eigenvalue weighted by Gasteiger charge is -2.61. The summed E-state index contributed by atoms with van der Waals surface area (Å²) in [5.74, 6) is 3.37. The predicted molar refractivity (Wildman–Crippen MR) is 203 cm³/mol. The summed E-state index contributed by atoms with van der Waals surface area (Å²) >= 11 is 1.89. The molecule has 0 radical (unpaired) electrons. The molecule has 48 heavy (non-hydrogen) atoms. The van der Waals surface area contributed by atoms with Crippen LogP contribution in [0.4, 0.5) is 17.1 Å². The van der Waals surface area contributed by atoms with Crippen molar-refractivity contribution in [2.75, 3.05) is 4.90 Å². The van der Waals surface area contributed by atoms with Crippen molar-refractivity contribution in [2.24, 2.45) is 23.7 Å². The standard InChI is InChI=1S/C46H37NS/c1-2-9-31(10-3-1)32-17-19-35(20-18-32)47(36-21-22-44-39(28-36)37-11-5-7-16-43(37)48-44)42-15-8-14-41-45(42)38-12-4-6-13-40(38)46(41)33-24-29-23-30(26-33)27-34(46)25-29/h1-22,28-30,33-34H,23-27H2. The van der Waals surface area contributed by atoms with E-state index < -0.39 is 0 Å². The fourth-order valence-electron chi connectivity index (χ4n) is 11.1. The Bertz CT molecular complexity index is 2340. The number of hydrogen-bond acceptors (Lipinski definition) is 2. The Labute approximate surface area is 286 Å². The molecule has 2 heteroatoms. The molecule has 4 bridgehead atoms.